The van der Waals surface area contributed by atoms with Crippen LogP contribution in [-0.4, -0.2) is 30.7 Å². The van der Waals surface area contributed by atoms with Crippen LogP contribution < -0.4 is 0 Å². The molecule has 1 aromatic rings. The first-order chi connectivity index (χ1) is 6.88. The Labute approximate surface area is 83.3 Å². The van der Waals surface area contributed by atoms with Gasteiger partial charge in [-0.15, -0.1) is 0 Å². The molecular formula is C11H14O3. The van der Waals surface area contributed by atoms with Crippen LogP contribution in [0.15, 0.2) is 30.3 Å². The molecule has 3 heteroatoms. The van der Waals surface area contributed by atoms with Gasteiger partial charge in [0.15, 0.2) is 6.29 Å². The van der Waals surface area contributed by atoms with E-state index < -0.39 is 0 Å². The van der Waals surface area contributed by atoms with E-state index in [0.717, 1.165) is 6.42 Å². The second-order valence-electron chi connectivity index (χ2n) is 3.39. The Bertz CT molecular complexity index is 273. The quantitative estimate of drug-likeness (QED) is 0.779. The van der Waals surface area contributed by atoms with Gasteiger partial charge in [-0.3, -0.25) is 0 Å². The van der Waals surface area contributed by atoms with Gasteiger partial charge in [-0.25, -0.2) is 0 Å². The molecule has 0 spiro atoms. The fourth-order valence-electron chi connectivity index (χ4n) is 1.52. The molecule has 0 saturated carbocycles. The fraction of sp³-hybridized carbons (Fsp3) is 0.455. The van der Waals surface area contributed by atoms with Gasteiger partial charge in [-0.1, -0.05) is 30.3 Å². The zero-order valence-corrected chi connectivity index (χ0v) is 7.93. The summed E-state index contributed by atoms with van der Waals surface area (Å²) < 4.78 is 10.8. The minimum absolute atomic E-state index is 0.0330. The minimum Gasteiger partial charge on any atom is -0.394 e. The standard InChI is InChI=1S/C11H14O3/c12-7-10-8-13-11(14-10)6-9-4-2-1-3-5-9/h1-5,10-12H,6-8H2/t10-,11-/m0/s1. The maximum atomic E-state index is 8.84. The van der Waals surface area contributed by atoms with E-state index in [-0.39, 0.29) is 19.0 Å². The molecule has 0 bridgehead atoms. The van der Waals surface area contributed by atoms with E-state index in [0.29, 0.717) is 6.61 Å². The monoisotopic (exact) mass is 194 g/mol. The number of aliphatic hydroxyl groups is 1. The van der Waals surface area contributed by atoms with Crippen LogP contribution in [0, 0.1) is 0 Å². The van der Waals surface area contributed by atoms with E-state index in [4.69, 9.17) is 14.6 Å². The van der Waals surface area contributed by atoms with Gasteiger partial charge in [0, 0.05) is 6.42 Å². The lowest BCUT2D eigenvalue weighted by molar-refractivity contribution is -0.0632. The molecular weight excluding hydrogens is 180 g/mol. The third-order valence-electron chi connectivity index (χ3n) is 2.26. The first kappa shape index (κ1) is 9.65. The molecule has 0 radical (unpaired) electrons. The van der Waals surface area contributed by atoms with E-state index >= 15 is 0 Å². The highest BCUT2D eigenvalue weighted by Gasteiger charge is 2.25. The van der Waals surface area contributed by atoms with Gasteiger partial charge in [0.1, 0.15) is 6.10 Å². The number of rotatable bonds is 3. The molecule has 1 aliphatic heterocycles. The third-order valence-corrected chi connectivity index (χ3v) is 2.26. The summed E-state index contributed by atoms with van der Waals surface area (Å²) in [7, 11) is 0. The highest BCUT2D eigenvalue weighted by atomic mass is 16.7. The molecule has 76 valence electrons. The average molecular weight is 194 g/mol. The van der Waals surface area contributed by atoms with Gasteiger partial charge in [0.2, 0.25) is 0 Å². The molecule has 1 aromatic carbocycles. The predicted octanol–water partition coefficient (Wildman–Crippen LogP) is 0.963. The molecule has 2 atom stereocenters. The van der Waals surface area contributed by atoms with Crippen LogP contribution in [0.1, 0.15) is 5.56 Å². The third kappa shape index (κ3) is 2.32. The van der Waals surface area contributed by atoms with Crippen LogP contribution in [0.4, 0.5) is 0 Å². The largest absolute Gasteiger partial charge is 0.394 e. The molecule has 1 heterocycles. The zero-order valence-electron chi connectivity index (χ0n) is 7.93. The van der Waals surface area contributed by atoms with Crippen LogP contribution in [0.2, 0.25) is 0 Å². The van der Waals surface area contributed by atoms with Crippen molar-refractivity contribution in [2.24, 2.45) is 0 Å². The van der Waals surface area contributed by atoms with Crippen molar-refractivity contribution in [2.75, 3.05) is 13.2 Å². The van der Waals surface area contributed by atoms with Crippen molar-refractivity contribution < 1.29 is 14.6 Å². The molecule has 2 rings (SSSR count). The van der Waals surface area contributed by atoms with E-state index in [1.54, 1.807) is 0 Å². The summed E-state index contributed by atoms with van der Waals surface area (Å²) in [6.45, 7) is 0.527. The van der Waals surface area contributed by atoms with Gasteiger partial charge < -0.3 is 14.6 Å². The Morgan fingerprint density at radius 2 is 2.07 bits per heavy atom. The lowest BCUT2D eigenvalue weighted by Gasteiger charge is -2.09. The molecule has 0 unspecified atom stereocenters. The highest BCUT2D eigenvalue weighted by molar-refractivity contribution is 5.15. The predicted molar refractivity (Wildman–Crippen MR) is 51.8 cm³/mol. The van der Waals surface area contributed by atoms with Crippen molar-refractivity contribution in [1.29, 1.82) is 0 Å². The van der Waals surface area contributed by atoms with Crippen LogP contribution >= 0.6 is 0 Å². The van der Waals surface area contributed by atoms with Crippen molar-refractivity contribution in [2.45, 2.75) is 18.8 Å². The van der Waals surface area contributed by atoms with Gasteiger partial charge >= 0.3 is 0 Å². The first-order valence-electron chi connectivity index (χ1n) is 4.80. The van der Waals surface area contributed by atoms with Gasteiger partial charge in [-0.05, 0) is 5.56 Å². The molecule has 14 heavy (non-hydrogen) atoms. The fourth-order valence-corrected chi connectivity index (χ4v) is 1.52. The van der Waals surface area contributed by atoms with Crippen LogP contribution in [0.3, 0.4) is 0 Å². The lowest BCUT2D eigenvalue weighted by atomic mass is 10.1. The topological polar surface area (TPSA) is 38.7 Å². The number of hydrogen-bond acceptors (Lipinski definition) is 3. The molecule has 0 aromatic heterocycles. The summed E-state index contributed by atoms with van der Waals surface area (Å²) in [4.78, 5) is 0. The van der Waals surface area contributed by atoms with E-state index in [9.17, 15) is 0 Å². The van der Waals surface area contributed by atoms with Gasteiger partial charge in [0.05, 0.1) is 13.2 Å². The zero-order chi connectivity index (χ0) is 9.80. The Balaban J connectivity index is 1.88. The molecule has 0 amide bonds. The summed E-state index contributed by atoms with van der Waals surface area (Å²) >= 11 is 0. The number of ether oxygens (including phenoxy) is 2. The average Bonchev–Trinajstić information content (AvgIpc) is 2.67. The first-order valence-corrected chi connectivity index (χ1v) is 4.80. The summed E-state index contributed by atoms with van der Waals surface area (Å²) in [5, 5.41) is 8.84. The Hall–Kier alpha value is -0.900. The minimum atomic E-state index is -0.199. The van der Waals surface area contributed by atoms with Crippen LogP contribution in [0.5, 0.6) is 0 Å². The van der Waals surface area contributed by atoms with E-state index in [1.165, 1.54) is 5.56 Å². The molecule has 0 aliphatic carbocycles. The Morgan fingerprint density at radius 3 is 2.71 bits per heavy atom. The smallest absolute Gasteiger partial charge is 0.162 e. The SMILES string of the molecule is OC[C@H]1CO[C@H](Cc2ccccc2)O1. The highest BCUT2D eigenvalue weighted by Crippen LogP contribution is 2.15. The van der Waals surface area contributed by atoms with Crippen molar-refractivity contribution in [3.63, 3.8) is 0 Å². The van der Waals surface area contributed by atoms with Crippen LogP contribution in [-0.2, 0) is 15.9 Å². The molecule has 3 nitrogen and oxygen atoms in total. The summed E-state index contributed by atoms with van der Waals surface area (Å²) in [5.41, 5.74) is 1.19. The molecule has 1 N–H and O–H groups in total. The van der Waals surface area contributed by atoms with E-state index in [2.05, 4.69) is 0 Å². The number of benzene rings is 1. The second-order valence-corrected chi connectivity index (χ2v) is 3.39. The Morgan fingerprint density at radius 1 is 1.29 bits per heavy atom. The maximum absolute atomic E-state index is 8.84. The van der Waals surface area contributed by atoms with Gasteiger partial charge in [-0.2, -0.15) is 0 Å². The Kier molecular flexibility index (Phi) is 3.14. The maximum Gasteiger partial charge on any atom is 0.162 e. The number of hydrogen-bond donors (Lipinski definition) is 1. The molecule has 1 saturated heterocycles. The summed E-state index contributed by atoms with van der Waals surface area (Å²) in [5.74, 6) is 0. The van der Waals surface area contributed by atoms with Crippen molar-refractivity contribution >= 4 is 0 Å². The van der Waals surface area contributed by atoms with Crippen molar-refractivity contribution in [1.82, 2.24) is 0 Å². The summed E-state index contributed by atoms with van der Waals surface area (Å²) in [6.07, 6.45) is 0.399. The van der Waals surface area contributed by atoms with Crippen LogP contribution in [0.25, 0.3) is 0 Å². The summed E-state index contributed by atoms with van der Waals surface area (Å²) in [6, 6.07) is 10.1. The van der Waals surface area contributed by atoms with Gasteiger partial charge in [0.25, 0.3) is 0 Å². The lowest BCUT2D eigenvalue weighted by Crippen LogP contribution is -2.17. The normalized spacial score (nSPS) is 26.6. The molecule has 1 fully saturated rings. The molecule has 1 aliphatic rings. The van der Waals surface area contributed by atoms with E-state index in [1.807, 2.05) is 30.3 Å². The van der Waals surface area contributed by atoms with Crippen molar-refractivity contribution in [3.05, 3.63) is 35.9 Å². The number of aliphatic hydroxyl groups excluding tert-OH is 1. The van der Waals surface area contributed by atoms with Crippen molar-refractivity contribution in [3.8, 4) is 0 Å². The second kappa shape index (κ2) is 4.55.